The first kappa shape index (κ1) is 39.3. The number of rotatable bonds is 10. The third kappa shape index (κ3) is 8.37. The van der Waals surface area contributed by atoms with Gasteiger partial charge in [0.05, 0.1) is 12.9 Å². The lowest BCUT2D eigenvalue weighted by atomic mass is 10.1. The Hall–Kier alpha value is -2.47. The van der Waals surface area contributed by atoms with Crippen LogP contribution in [0.3, 0.4) is 0 Å². The second kappa shape index (κ2) is 13.6. The third-order valence-corrected chi connectivity index (χ3v) is 24.6. The number of ether oxygens (including phenoxy) is 1. The van der Waals surface area contributed by atoms with E-state index in [0.29, 0.717) is 12.2 Å². The minimum Gasteiger partial charge on any atom is -0.414 e. The zero-order valence-corrected chi connectivity index (χ0v) is 35.3. The van der Waals surface area contributed by atoms with Crippen LogP contribution in [-0.4, -0.2) is 75.3 Å². The van der Waals surface area contributed by atoms with Crippen LogP contribution in [0.25, 0.3) is 11.2 Å². The fourth-order valence-corrected chi connectivity index (χ4v) is 8.43. The summed E-state index contributed by atoms with van der Waals surface area (Å²) in [6, 6.07) is 8.77. The normalized spacial score (nSPS) is 21.4. The van der Waals surface area contributed by atoms with Gasteiger partial charge in [-0.2, -0.15) is 4.98 Å². The molecule has 2 aromatic heterocycles. The standard InChI is InChI=1S/C35H59N5O6Si3/c1-33(2,3)47(10,11)43-21-24-26(45-48(12,13)34(4,5)6)27(46-49(14,15)35(7,8)9)31(44-24)40-22-36-25-28(40)37-32(39-30(25)42)38-29(41)23-19-17-16-18-20-23/h16-20,22,24,26-27,31H,21H2,1-15H3,(H2,37,38,39,41,42). The smallest absolute Gasteiger partial charge is 0.280 e. The van der Waals surface area contributed by atoms with Crippen LogP contribution >= 0.6 is 0 Å². The molecule has 4 atom stereocenters. The molecular weight excluding hydrogens is 671 g/mol. The van der Waals surface area contributed by atoms with Crippen molar-refractivity contribution in [2.24, 2.45) is 0 Å². The molecule has 14 heteroatoms. The minimum absolute atomic E-state index is 0.00388. The van der Waals surface area contributed by atoms with Gasteiger partial charge in [-0.25, -0.2) is 4.98 Å². The largest absolute Gasteiger partial charge is 0.414 e. The number of aromatic nitrogens is 4. The Bertz CT molecular complexity index is 1690. The van der Waals surface area contributed by atoms with Gasteiger partial charge in [-0.05, 0) is 66.5 Å². The zero-order chi connectivity index (χ0) is 37.0. The van der Waals surface area contributed by atoms with E-state index in [1.807, 2.05) is 6.07 Å². The van der Waals surface area contributed by atoms with Crippen molar-refractivity contribution >= 4 is 48.0 Å². The number of aromatic amines is 1. The third-order valence-electron chi connectivity index (χ3n) is 11.1. The van der Waals surface area contributed by atoms with Gasteiger partial charge in [-0.15, -0.1) is 0 Å². The summed E-state index contributed by atoms with van der Waals surface area (Å²) in [5.41, 5.74) is 0.378. The number of H-pyrrole nitrogens is 1. The van der Waals surface area contributed by atoms with Gasteiger partial charge >= 0.3 is 0 Å². The van der Waals surface area contributed by atoms with Crippen LogP contribution in [0.1, 0.15) is 78.9 Å². The summed E-state index contributed by atoms with van der Waals surface area (Å²) in [6.07, 6.45) is -0.623. The highest BCUT2D eigenvalue weighted by Crippen LogP contribution is 2.47. The van der Waals surface area contributed by atoms with E-state index in [0.717, 1.165) is 0 Å². The highest BCUT2D eigenvalue weighted by atomic mass is 28.4. The molecule has 11 nitrogen and oxygen atoms in total. The molecule has 1 aliphatic rings. The number of nitrogens with one attached hydrogen (secondary N) is 2. The molecule has 0 saturated carbocycles. The number of hydrogen-bond acceptors (Lipinski definition) is 8. The van der Waals surface area contributed by atoms with Crippen molar-refractivity contribution in [3.63, 3.8) is 0 Å². The first-order chi connectivity index (χ1) is 22.3. The fourth-order valence-electron chi connectivity index (χ4n) is 4.82. The Kier molecular flexibility index (Phi) is 10.9. The minimum atomic E-state index is -2.41. The summed E-state index contributed by atoms with van der Waals surface area (Å²) in [5.74, 6) is -0.379. The number of nitrogens with zero attached hydrogens (tertiary/aromatic N) is 3. The Morgan fingerprint density at radius 2 is 1.39 bits per heavy atom. The number of anilines is 1. The Balaban J connectivity index is 1.85. The van der Waals surface area contributed by atoms with Crippen LogP contribution in [-0.2, 0) is 18.0 Å². The maximum Gasteiger partial charge on any atom is 0.280 e. The molecule has 1 amide bonds. The highest BCUT2D eigenvalue weighted by molar-refractivity contribution is 6.75. The van der Waals surface area contributed by atoms with Crippen LogP contribution in [0.2, 0.25) is 54.4 Å². The Morgan fingerprint density at radius 1 is 0.857 bits per heavy atom. The fraction of sp³-hybridized carbons (Fsp3) is 0.657. The molecule has 2 N–H and O–H groups in total. The molecule has 1 fully saturated rings. The van der Waals surface area contributed by atoms with Gasteiger partial charge in [0.1, 0.15) is 18.3 Å². The SMILES string of the molecule is CC(C)(C)[Si](C)(C)OCC1OC(n2cnc3c(=O)[nH]c(NC(=O)c4ccccc4)nc32)C(O[Si](C)(C)C(C)(C)C)C1O[Si](C)(C)C(C)(C)C. The van der Waals surface area contributed by atoms with E-state index < -0.39 is 61.0 Å². The van der Waals surface area contributed by atoms with Crippen LogP contribution in [0.5, 0.6) is 0 Å². The predicted molar refractivity (Wildman–Crippen MR) is 204 cm³/mol. The molecule has 49 heavy (non-hydrogen) atoms. The average molecular weight is 730 g/mol. The summed E-state index contributed by atoms with van der Waals surface area (Å²) in [5, 5.41) is 2.57. The molecule has 272 valence electrons. The number of carbonyl (C=O) groups is 1. The van der Waals surface area contributed by atoms with E-state index in [1.165, 1.54) is 0 Å². The lowest BCUT2D eigenvalue weighted by Gasteiger charge is -2.44. The molecule has 3 aromatic rings. The van der Waals surface area contributed by atoms with Gasteiger partial charge in [-0.1, -0.05) is 80.5 Å². The molecule has 4 unspecified atom stereocenters. The molecule has 0 spiro atoms. The van der Waals surface area contributed by atoms with Crippen LogP contribution < -0.4 is 10.9 Å². The summed E-state index contributed by atoms with van der Waals surface area (Å²) < 4.78 is 30.0. The lowest BCUT2D eigenvalue weighted by Crippen LogP contribution is -2.54. The topological polar surface area (TPSA) is 130 Å². The van der Waals surface area contributed by atoms with Crippen molar-refractivity contribution in [2.75, 3.05) is 11.9 Å². The predicted octanol–water partition coefficient (Wildman–Crippen LogP) is 8.07. The molecular formula is C35H59N5O6Si3. The quantitative estimate of drug-likeness (QED) is 0.201. The number of benzene rings is 1. The van der Waals surface area contributed by atoms with E-state index in [1.54, 1.807) is 35.2 Å². The van der Waals surface area contributed by atoms with E-state index in [4.69, 9.17) is 23.0 Å². The zero-order valence-electron chi connectivity index (χ0n) is 32.3. The molecule has 1 aliphatic heterocycles. The molecule has 0 radical (unpaired) electrons. The van der Waals surface area contributed by atoms with Crippen LogP contribution in [0, 0.1) is 0 Å². The first-order valence-corrected chi connectivity index (χ1v) is 26.0. The second-order valence-electron chi connectivity index (χ2n) is 17.9. The van der Waals surface area contributed by atoms with Crippen LogP contribution in [0.4, 0.5) is 5.95 Å². The van der Waals surface area contributed by atoms with Gasteiger partial charge in [0.2, 0.25) is 5.95 Å². The molecule has 0 aliphatic carbocycles. The van der Waals surface area contributed by atoms with Crippen LogP contribution in [0.15, 0.2) is 41.5 Å². The number of carbonyl (C=O) groups excluding carboxylic acids is 1. The highest BCUT2D eigenvalue weighted by Gasteiger charge is 2.55. The Morgan fingerprint density at radius 3 is 1.92 bits per heavy atom. The molecule has 1 saturated heterocycles. The summed E-state index contributed by atoms with van der Waals surface area (Å²) in [4.78, 5) is 38.1. The van der Waals surface area contributed by atoms with Crippen molar-refractivity contribution < 1.29 is 22.8 Å². The van der Waals surface area contributed by atoms with Gasteiger partial charge in [0.15, 0.2) is 42.3 Å². The van der Waals surface area contributed by atoms with Gasteiger partial charge < -0.3 is 18.0 Å². The van der Waals surface area contributed by atoms with E-state index in [-0.39, 0.29) is 32.2 Å². The number of imidazole rings is 1. The Labute approximate surface area is 295 Å². The number of amides is 1. The monoisotopic (exact) mass is 729 g/mol. The van der Waals surface area contributed by atoms with E-state index in [9.17, 15) is 9.59 Å². The molecule has 0 bridgehead atoms. The van der Waals surface area contributed by atoms with E-state index >= 15 is 0 Å². The van der Waals surface area contributed by atoms with Gasteiger partial charge in [-0.3, -0.25) is 24.5 Å². The number of hydrogen-bond donors (Lipinski definition) is 2. The van der Waals surface area contributed by atoms with Crippen molar-refractivity contribution in [1.82, 2.24) is 19.5 Å². The molecule has 3 heterocycles. The molecule has 1 aromatic carbocycles. The number of fused-ring (bicyclic) bond motifs is 1. The molecule has 4 rings (SSSR count). The van der Waals surface area contributed by atoms with Crippen molar-refractivity contribution in [2.45, 2.75) is 141 Å². The van der Waals surface area contributed by atoms with Crippen molar-refractivity contribution in [1.29, 1.82) is 0 Å². The van der Waals surface area contributed by atoms with Gasteiger partial charge in [0.25, 0.3) is 11.5 Å². The van der Waals surface area contributed by atoms with Crippen molar-refractivity contribution in [3.05, 3.63) is 52.6 Å². The second-order valence-corrected chi connectivity index (χ2v) is 32.2. The maximum absolute atomic E-state index is 13.3. The summed E-state index contributed by atoms with van der Waals surface area (Å²) >= 11 is 0. The van der Waals surface area contributed by atoms with Crippen molar-refractivity contribution in [3.8, 4) is 0 Å². The first-order valence-electron chi connectivity index (χ1n) is 17.2. The lowest BCUT2D eigenvalue weighted by molar-refractivity contribution is -0.0470. The maximum atomic E-state index is 13.3. The van der Waals surface area contributed by atoms with Gasteiger partial charge in [0, 0.05) is 5.56 Å². The summed E-state index contributed by atoms with van der Waals surface area (Å²) in [7, 11) is -6.93. The summed E-state index contributed by atoms with van der Waals surface area (Å²) in [6.45, 7) is 33.7. The van der Waals surface area contributed by atoms with E-state index in [2.05, 4.69) is 117 Å². The average Bonchev–Trinajstić information content (AvgIpc) is 3.51.